The standard InChI is InChI=1S/C24H28N4O3/c1-16-11-12-21(30-3)20(14-16)25-24(29)17(2)31-19-9-7-8-18(15-19)23-27-26-22-10-5-4-6-13-28(22)23/h7-9,11-12,14-15,17H,4-6,10,13H2,1-3H3,(H,25,29). The number of aromatic nitrogens is 3. The number of ether oxygens (including phenoxy) is 2. The van der Waals surface area contributed by atoms with Gasteiger partial charge < -0.3 is 19.4 Å². The third-order valence-electron chi connectivity index (χ3n) is 5.50. The highest BCUT2D eigenvalue weighted by Gasteiger charge is 2.19. The highest BCUT2D eigenvalue weighted by molar-refractivity contribution is 5.95. The van der Waals surface area contributed by atoms with E-state index in [4.69, 9.17) is 9.47 Å². The van der Waals surface area contributed by atoms with Gasteiger partial charge in [0.15, 0.2) is 11.9 Å². The number of carbonyl (C=O) groups excluding carboxylic acids is 1. The summed E-state index contributed by atoms with van der Waals surface area (Å²) in [4.78, 5) is 12.7. The third-order valence-corrected chi connectivity index (χ3v) is 5.50. The first-order valence-corrected chi connectivity index (χ1v) is 10.7. The number of hydrogen-bond donors (Lipinski definition) is 1. The highest BCUT2D eigenvalue weighted by atomic mass is 16.5. The highest BCUT2D eigenvalue weighted by Crippen LogP contribution is 2.27. The number of aryl methyl sites for hydroxylation is 2. The van der Waals surface area contributed by atoms with Gasteiger partial charge in [-0.3, -0.25) is 4.79 Å². The van der Waals surface area contributed by atoms with Crippen LogP contribution in [0.1, 0.15) is 37.6 Å². The van der Waals surface area contributed by atoms with Gasteiger partial charge in [0, 0.05) is 18.5 Å². The molecule has 31 heavy (non-hydrogen) atoms. The van der Waals surface area contributed by atoms with Crippen LogP contribution in [-0.2, 0) is 17.8 Å². The van der Waals surface area contributed by atoms with Crippen molar-refractivity contribution >= 4 is 11.6 Å². The van der Waals surface area contributed by atoms with Crippen molar-refractivity contribution in [2.45, 2.75) is 52.2 Å². The van der Waals surface area contributed by atoms with Crippen LogP contribution in [0.15, 0.2) is 42.5 Å². The summed E-state index contributed by atoms with van der Waals surface area (Å²) >= 11 is 0. The average Bonchev–Trinajstić information content (AvgIpc) is 3.02. The molecule has 1 aliphatic heterocycles. The summed E-state index contributed by atoms with van der Waals surface area (Å²) in [5.41, 5.74) is 2.60. The summed E-state index contributed by atoms with van der Waals surface area (Å²) in [6, 6.07) is 13.3. The summed E-state index contributed by atoms with van der Waals surface area (Å²) in [6.45, 7) is 4.62. The zero-order valence-electron chi connectivity index (χ0n) is 18.2. The number of methoxy groups -OCH3 is 1. The van der Waals surface area contributed by atoms with Crippen LogP contribution in [-0.4, -0.2) is 33.9 Å². The Morgan fingerprint density at radius 2 is 2.00 bits per heavy atom. The first kappa shape index (κ1) is 20.9. The van der Waals surface area contributed by atoms with E-state index in [-0.39, 0.29) is 5.91 Å². The summed E-state index contributed by atoms with van der Waals surface area (Å²) < 4.78 is 13.5. The number of amides is 1. The second-order valence-electron chi connectivity index (χ2n) is 7.88. The number of nitrogens with one attached hydrogen (secondary N) is 1. The zero-order chi connectivity index (χ0) is 21.8. The van der Waals surface area contributed by atoms with Crippen molar-refractivity contribution in [1.82, 2.24) is 14.8 Å². The molecule has 1 aromatic heterocycles. The van der Waals surface area contributed by atoms with Gasteiger partial charge in [-0.2, -0.15) is 0 Å². The SMILES string of the molecule is COc1ccc(C)cc1NC(=O)C(C)Oc1cccc(-c2nnc3n2CCCCC3)c1. The Bertz CT molecular complexity index is 1080. The van der Waals surface area contributed by atoms with Crippen LogP contribution in [0, 0.1) is 6.92 Å². The van der Waals surface area contributed by atoms with Gasteiger partial charge in [-0.15, -0.1) is 10.2 Å². The van der Waals surface area contributed by atoms with E-state index in [0.717, 1.165) is 48.6 Å². The Balaban J connectivity index is 1.48. The smallest absolute Gasteiger partial charge is 0.265 e. The second kappa shape index (κ2) is 9.20. The number of anilines is 1. The third kappa shape index (κ3) is 4.71. The van der Waals surface area contributed by atoms with E-state index >= 15 is 0 Å². The Morgan fingerprint density at radius 3 is 2.84 bits per heavy atom. The van der Waals surface area contributed by atoms with Gasteiger partial charge >= 0.3 is 0 Å². The second-order valence-corrected chi connectivity index (χ2v) is 7.88. The number of hydrogen-bond acceptors (Lipinski definition) is 5. The number of nitrogens with zero attached hydrogens (tertiary/aromatic N) is 3. The lowest BCUT2D eigenvalue weighted by molar-refractivity contribution is -0.122. The molecule has 0 bridgehead atoms. The summed E-state index contributed by atoms with van der Waals surface area (Å²) in [5, 5.41) is 11.7. The Morgan fingerprint density at radius 1 is 1.13 bits per heavy atom. The van der Waals surface area contributed by atoms with E-state index in [1.165, 1.54) is 6.42 Å². The molecule has 0 aliphatic carbocycles. The largest absolute Gasteiger partial charge is 0.495 e. The maximum absolute atomic E-state index is 12.7. The molecule has 1 atom stereocenters. The Kier molecular flexibility index (Phi) is 6.21. The van der Waals surface area contributed by atoms with Crippen LogP contribution < -0.4 is 14.8 Å². The average molecular weight is 421 g/mol. The lowest BCUT2D eigenvalue weighted by atomic mass is 10.2. The minimum atomic E-state index is -0.684. The summed E-state index contributed by atoms with van der Waals surface area (Å²) in [6.07, 6.45) is 3.77. The van der Waals surface area contributed by atoms with Crippen LogP contribution in [0.4, 0.5) is 5.69 Å². The number of carbonyl (C=O) groups is 1. The fourth-order valence-corrected chi connectivity index (χ4v) is 3.82. The van der Waals surface area contributed by atoms with E-state index in [2.05, 4.69) is 20.1 Å². The first-order chi connectivity index (χ1) is 15.0. The van der Waals surface area contributed by atoms with Gasteiger partial charge in [0.25, 0.3) is 5.91 Å². The molecule has 3 aromatic rings. The van der Waals surface area contributed by atoms with Crippen molar-refractivity contribution < 1.29 is 14.3 Å². The number of rotatable bonds is 6. The van der Waals surface area contributed by atoms with Crippen LogP contribution in [0.5, 0.6) is 11.5 Å². The Hall–Kier alpha value is -3.35. The van der Waals surface area contributed by atoms with Gasteiger partial charge in [0.05, 0.1) is 12.8 Å². The van der Waals surface area contributed by atoms with Crippen molar-refractivity contribution in [2.75, 3.05) is 12.4 Å². The van der Waals surface area contributed by atoms with E-state index in [9.17, 15) is 4.79 Å². The molecule has 2 heterocycles. The predicted octanol–water partition coefficient (Wildman–Crippen LogP) is 4.39. The van der Waals surface area contributed by atoms with Crippen molar-refractivity contribution in [1.29, 1.82) is 0 Å². The normalized spacial score (nSPS) is 14.3. The number of fused-ring (bicyclic) bond motifs is 1. The zero-order valence-corrected chi connectivity index (χ0v) is 18.2. The maximum Gasteiger partial charge on any atom is 0.265 e. The number of benzene rings is 2. The predicted molar refractivity (Wildman–Crippen MR) is 119 cm³/mol. The van der Waals surface area contributed by atoms with Gasteiger partial charge in [0.1, 0.15) is 17.3 Å². The molecule has 1 unspecified atom stereocenters. The molecular weight excluding hydrogens is 392 g/mol. The minimum absolute atomic E-state index is 0.245. The van der Waals surface area contributed by atoms with E-state index in [1.54, 1.807) is 14.0 Å². The van der Waals surface area contributed by atoms with E-state index in [1.807, 2.05) is 49.4 Å². The molecule has 0 saturated heterocycles. The quantitative estimate of drug-likeness (QED) is 0.640. The molecule has 4 rings (SSSR count). The molecule has 0 fully saturated rings. The molecule has 0 spiro atoms. The van der Waals surface area contributed by atoms with Crippen molar-refractivity contribution in [3.8, 4) is 22.9 Å². The van der Waals surface area contributed by atoms with Crippen LogP contribution in [0.3, 0.4) is 0 Å². The van der Waals surface area contributed by atoms with Gasteiger partial charge in [-0.25, -0.2) is 0 Å². The fourth-order valence-electron chi connectivity index (χ4n) is 3.82. The molecule has 1 aliphatic rings. The molecule has 1 N–H and O–H groups in total. The molecule has 1 amide bonds. The molecule has 7 nitrogen and oxygen atoms in total. The summed E-state index contributed by atoms with van der Waals surface area (Å²) in [7, 11) is 1.58. The van der Waals surface area contributed by atoms with Gasteiger partial charge in [-0.1, -0.05) is 24.6 Å². The van der Waals surface area contributed by atoms with Crippen molar-refractivity contribution in [3.63, 3.8) is 0 Å². The van der Waals surface area contributed by atoms with Crippen LogP contribution in [0.25, 0.3) is 11.4 Å². The first-order valence-electron chi connectivity index (χ1n) is 10.7. The van der Waals surface area contributed by atoms with Gasteiger partial charge in [-0.05, 0) is 56.5 Å². The van der Waals surface area contributed by atoms with Crippen LogP contribution in [0.2, 0.25) is 0 Å². The topological polar surface area (TPSA) is 78.3 Å². The molecular formula is C24H28N4O3. The molecule has 2 aromatic carbocycles. The maximum atomic E-state index is 12.7. The molecule has 7 heteroatoms. The summed E-state index contributed by atoms with van der Waals surface area (Å²) in [5.74, 6) is 2.87. The molecule has 0 saturated carbocycles. The van der Waals surface area contributed by atoms with Crippen molar-refractivity contribution in [3.05, 3.63) is 53.9 Å². The van der Waals surface area contributed by atoms with Crippen molar-refractivity contribution in [2.24, 2.45) is 0 Å². The van der Waals surface area contributed by atoms with E-state index < -0.39 is 6.10 Å². The molecule has 162 valence electrons. The lowest BCUT2D eigenvalue weighted by Gasteiger charge is -2.17. The van der Waals surface area contributed by atoms with Gasteiger partial charge in [0.2, 0.25) is 0 Å². The fraction of sp³-hybridized carbons (Fsp3) is 0.375. The molecule has 0 radical (unpaired) electrons. The lowest BCUT2D eigenvalue weighted by Crippen LogP contribution is -2.30. The minimum Gasteiger partial charge on any atom is -0.495 e. The van der Waals surface area contributed by atoms with E-state index in [0.29, 0.717) is 17.2 Å². The monoisotopic (exact) mass is 420 g/mol. The van der Waals surface area contributed by atoms with Crippen LogP contribution >= 0.6 is 0 Å². The Labute approximate surface area is 182 Å².